The number of nitrogens with two attached hydrogens (primary N) is 1. The zero-order valence-corrected chi connectivity index (χ0v) is 12.2. The second-order valence-electron chi connectivity index (χ2n) is 4.92. The number of halogens is 2. The largest absolute Gasteiger partial charge is 0.496 e. The molecule has 0 heterocycles. The van der Waals surface area contributed by atoms with Gasteiger partial charge in [-0.05, 0) is 42.7 Å². The maximum absolute atomic E-state index is 14.3. The summed E-state index contributed by atoms with van der Waals surface area (Å²) >= 11 is 0. The molecule has 0 bridgehead atoms. The van der Waals surface area contributed by atoms with Crippen LogP contribution in [0, 0.1) is 25.5 Å². The van der Waals surface area contributed by atoms with Crippen molar-refractivity contribution in [2.75, 3.05) is 7.11 Å². The maximum atomic E-state index is 14.3. The van der Waals surface area contributed by atoms with Gasteiger partial charge < -0.3 is 4.74 Å². The first-order valence-corrected chi connectivity index (χ1v) is 6.54. The van der Waals surface area contributed by atoms with Crippen molar-refractivity contribution in [3.05, 3.63) is 64.2 Å². The standard InChI is InChI=1S/C16H18F2N2O/c1-9-4-6-11(8-13(9)21-3)16(20-19)14-12(17)7-5-10(2)15(14)18/h4-8,16,20H,19H2,1-3H3. The van der Waals surface area contributed by atoms with E-state index in [1.807, 2.05) is 13.0 Å². The minimum atomic E-state index is -0.792. The number of hydrogen-bond acceptors (Lipinski definition) is 3. The van der Waals surface area contributed by atoms with Gasteiger partial charge in [0.1, 0.15) is 17.4 Å². The van der Waals surface area contributed by atoms with Crippen molar-refractivity contribution < 1.29 is 13.5 Å². The molecule has 2 aromatic rings. The minimum absolute atomic E-state index is 0.0941. The lowest BCUT2D eigenvalue weighted by Crippen LogP contribution is -2.30. The van der Waals surface area contributed by atoms with E-state index in [1.54, 1.807) is 26.2 Å². The molecular weight excluding hydrogens is 274 g/mol. The molecule has 3 nitrogen and oxygen atoms in total. The third-order valence-electron chi connectivity index (χ3n) is 3.54. The van der Waals surface area contributed by atoms with Crippen LogP contribution in [0.2, 0.25) is 0 Å². The second kappa shape index (κ2) is 6.20. The molecule has 0 amide bonds. The van der Waals surface area contributed by atoms with Gasteiger partial charge >= 0.3 is 0 Å². The van der Waals surface area contributed by atoms with E-state index < -0.39 is 17.7 Å². The monoisotopic (exact) mass is 292 g/mol. The molecule has 21 heavy (non-hydrogen) atoms. The Bertz CT molecular complexity index is 659. The van der Waals surface area contributed by atoms with E-state index in [9.17, 15) is 8.78 Å². The molecule has 112 valence electrons. The van der Waals surface area contributed by atoms with Gasteiger partial charge in [0, 0.05) is 5.56 Å². The number of nitrogens with one attached hydrogen (secondary N) is 1. The van der Waals surface area contributed by atoms with Crippen LogP contribution in [0.15, 0.2) is 30.3 Å². The molecule has 0 radical (unpaired) electrons. The topological polar surface area (TPSA) is 47.3 Å². The quantitative estimate of drug-likeness (QED) is 0.672. The zero-order chi connectivity index (χ0) is 15.6. The van der Waals surface area contributed by atoms with Crippen LogP contribution in [0.3, 0.4) is 0 Å². The first-order valence-electron chi connectivity index (χ1n) is 6.54. The third-order valence-corrected chi connectivity index (χ3v) is 3.54. The lowest BCUT2D eigenvalue weighted by atomic mass is 9.95. The Kier molecular flexibility index (Phi) is 4.55. The summed E-state index contributed by atoms with van der Waals surface area (Å²) < 4.78 is 33.6. The van der Waals surface area contributed by atoms with Crippen molar-refractivity contribution in [2.24, 2.45) is 5.84 Å². The van der Waals surface area contributed by atoms with E-state index in [0.717, 1.165) is 5.56 Å². The number of rotatable bonds is 4. The number of methoxy groups -OCH3 is 1. The van der Waals surface area contributed by atoms with Gasteiger partial charge in [0.2, 0.25) is 0 Å². The van der Waals surface area contributed by atoms with Crippen LogP contribution in [0.4, 0.5) is 8.78 Å². The first kappa shape index (κ1) is 15.4. The van der Waals surface area contributed by atoms with Gasteiger partial charge in [0.15, 0.2) is 0 Å². The van der Waals surface area contributed by atoms with Gasteiger partial charge in [-0.2, -0.15) is 0 Å². The summed E-state index contributed by atoms with van der Waals surface area (Å²) in [5, 5.41) is 0. The molecule has 0 aromatic heterocycles. The lowest BCUT2D eigenvalue weighted by Gasteiger charge is -2.20. The van der Waals surface area contributed by atoms with E-state index in [2.05, 4.69) is 5.43 Å². The fourth-order valence-corrected chi connectivity index (χ4v) is 2.31. The molecule has 0 fully saturated rings. The highest BCUT2D eigenvalue weighted by molar-refractivity contribution is 5.42. The van der Waals surface area contributed by atoms with Gasteiger partial charge in [-0.15, -0.1) is 0 Å². The molecule has 0 aliphatic heterocycles. The van der Waals surface area contributed by atoms with Crippen LogP contribution < -0.4 is 16.0 Å². The molecule has 5 heteroatoms. The first-order chi connectivity index (χ1) is 9.99. The van der Waals surface area contributed by atoms with Crippen LogP contribution in [0.5, 0.6) is 5.75 Å². The average molecular weight is 292 g/mol. The SMILES string of the molecule is COc1cc(C(NN)c2c(F)ccc(C)c2F)ccc1C. The summed E-state index contributed by atoms with van der Waals surface area (Å²) in [5.74, 6) is 4.93. The summed E-state index contributed by atoms with van der Waals surface area (Å²) in [6, 6.07) is 7.16. The van der Waals surface area contributed by atoms with Gasteiger partial charge in [0.05, 0.1) is 13.2 Å². The fraction of sp³-hybridized carbons (Fsp3) is 0.250. The summed E-state index contributed by atoms with van der Waals surface area (Å²) in [7, 11) is 1.55. The predicted molar refractivity (Wildman–Crippen MR) is 78.0 cm³/mol. The summed E-state index contributed by atoms with van der Waals surface area (Å²) in [6.45, 7) is 3.48. The van der Waals surface area contributed by atoms with Crippen LogP contribution in [0.1, 0.15) is 28.3 Å². The highest BCUT2D eigenvalue weighted by Gasteiger charge is 2.23. The lowest BCUT2D eigenvalue weighted by molar-refractivity contribution is 0.410. The second-order valence-corrected chi connectivity index (χ2v) is 4.92. The Labute approximate surface area is 122 Å². The third kappa shape index (κ3) is 2.89. The van der Waals surface area contributed by atoms with E-state index in [0.29, 0.717) is 16.9 Å². The number of ether oxygens (including phenoxy) is 1. The molecular formula is C16H18F2N2O. The van der Waals surface area contributed by atoms with Crippen molar-refractivity contribution >= 4 is 0 Å². The van der Waals surface area contributed by atoms with E-state index in [-0.39, 0.29) is 5.56 Å². The zero-order valence-electron chi connectivity index (χ0n) is 12.2. The fourth-order valence-electron chi connectivity index (χ4n) is 2.31. The number of aryl methyl sites for hydroxylation is 2. The molecule has 3 N–H and O–H groups in total. The Morgan fingerprint density at radius 3 is 2.38 bits per heavy atom. The van der Waals surface area contributed by atoms with Crippen LogP contribution >= 0.6 is 0 Å². The number of hydrazine groups is 1. The highest BCUT2D eigenvalue weighted by atomic mass is 19.1. The van der Waals surface area contributed by atoms with Crippen molar-refractivity contribution in [3.63, 3.8) is 0 Å². The molecule has 0 saturated heterocycles. The Hall–Kier alpha value is -1.98. The predicted octanol–water partition coefficient (Wildman–Crippen LogP) is 3.14. The molecule has 0 spiro atoms. The van der Waals surface area contributed by atoms with Gasteiger partial charge in [0.25, 0.3) is 0 Å². The van der Waals surface area contributed by atoms with Crippen molar-refractivity contribution in [1.29, 1.82) is 0 Å². The summed E-state index contributed by atoms with van der Waals surface area (Å²) in [5.41, 5.74) is 4.31. The average Bonchev–Trinajstić information content (AvgIpc) is 2.48. The summed E-state index contributed by atoms with van der Waals surface area (Å²) in [6.07, 6.45) is 0. The number of hydrogen-bond donors (Lipinski definition) is 2. The Morgan fingerprint density at radius 1 is 1.10 bits per heavy atom. The van der Waals surface area contributed by atoms with Gasteiger partial charge in [-0.25, -0.2) is 14.2 Å². The Morgan fingerprint density at radius 2 is 1.76 bits per heavy atom. The highest BCUT2D eigenvalue weighted by Crippen LogP contribution is 2.31. The van der Waals surface area contributed by atoms with Gasteiger partial charge in [-0.3, -0.25) is 5.84 Å². The smallest absolute Gasteiger partial charge is 0.134 e. The van der Waals surface area contributed by atoms with E-state index in [4.69, 9.17) is 10.6 Å². The molecule has 1 atom stereocenters. The van der Waals surface area contributed by atoms with Crippen molar-refractivity contribution in [1.82, 2.24) is 5.43 Å². The van der Waals surface area contributed by atoms with Crippen molar-refractivity contribution in [2.45, 2.75) is 19.9 Å². The number of benzene rings is 2. The normalized spacial score (nSPS) is 12.3. The maximum Gasteiger partial charge on any atom is 0.134 e. The van der Waals surface area contributed by atoms with Crippen molar-refractivity contribution in [3.8, 4) is 5.75 Å². The van der Waals surface area contributed by atoms with E-state index in [1.165, 1.54) is 12.1 Å². The molecule has 0 saturated carbocycles. The van der Waals surface area contributed by atoms with Gasteiger partial charge in [-0.1, -0.05) is 18.2 Å². The summed E-state index contributed by atoms with van der Waals surface area (Å²) in [4.78, 5) is 0. The van der Waals surface area contributed by atoms with Crippen LogP contribution in [0.25, 0.3) is 0 Å². The van der Waals surface area contributed by atoms with Crippen LogP contribution in [-0.4, -0.2) is 7.11 Å². The molecule has 1 unspecified atom stereocenters. The molecule has 0 aliphatic carbocycles. The minimum Gasteiger partial charge on any atom is -0.496 e. The molecule has 2 rings (SSSR count). The molecule has 0 aliphatic rings. The Balaban J connectivity index is 2.57. The van der Waals surface area contributed by atoms with E-state index >= 15 is 0 Å². The molecule has 2 aromatic carbocycles. The van der Waals surface area contributed by atoms with Crippen LogP contribution in [-0.2, 0) is 0 Å².